The lowest BCUT2D eigenvalue weighted by atomic mass is 10.2. The zero-order valence-electron chi connectivity index (χ0n) is 16.8. The van der Waals surface area contributed by atoms with Gasteiger partial charge < -0.3 is 34.3 Å². The Morgan fingerprint density at radius 2 is 1.15 bits per heavy atom. The van der Waals surface area contributed by atoms with Crippen LogP contribution in [0.1, 0.15) is 39.0 Å². The monoisotopic (exact) mass is 392 g/mol. The molecule has 0 fully saturated rings. The van der Waals surface area contributed by atoms with Crippen LogP contribution in [-0.4, -0.2) is 78.6 Å². The first-order chi connectivity index (χ1) is 13.2. The van der Waals surface area contributed by atoms with Crippen molar-refractivity contribution >= 4 is 12.2 Å². The number of carbonyl (C=O) groups excluding carboxylic acids is 2. The summed E-state index contributed by atoms with van der Waals surface area (Å²) in [5.74, 6) is 0. The molecule has 0 heterocycles. The summed E-state index contributed by atoms with van der Waals surface area (Å²) in [4.78, 5) is 22.7. The third kappa shape index (κ3) is 20.6. The minimum absolute atomic E-state index is 0.212. The molecule has 0 aliphatic heterocycles. The number of nitrogens with one attached hydrogen (secondary N) is 2. The molecule has 0 radical (unpaired) electrons. The first kappa shape index (κ1) is 25.4. The van der Waals surface area contributed by atoms with Crippen molar-refractivity contribution in [1.82, 2.24) is 10.6 Å². The highest BCUT2D eigenvalue weighted by Gasteiger charge is 2.02. The van der Waals surface area contributed by atoms with Crippen LogP contribution in [0.3, 0.4) is 0 Å². The summed E-state index contributed by atoms with van der Waals surface area (Å²) in [6, 6.07) is 0. The molecular weight excluding hydrogens is 356 g/mol. The summed E-state index contributed by atoms with van der Waals surface area (Å²) >= 11 is 0. The number of methoxy groups -OCH3 is 1. The molecule has 0 aromatic rings. The van der Waals surface area contributed by atoms with Crippen LogP contribution in [0.4, 0.5) is 9.59 Å². The lowest BCUT2D eigenvalue weighted by Crippen LogP contribution is -2.27. The van der Waals surface area contributed by atoms with Crippen LogP contribution in [0.5, 0.6) is 0 Å². The fraction of sp³-hybridized carbons (Fsp3) is 0.889. The van der Waals surface area contributed by atoms with Crippen LogP contribution >= 0.6 is 0 Å². The maximum atomic E-state index is 11.5. The highest BCUT2D eigenvalue weighted by atomic mass is 16.6. The van der Waals surface area contributed by atoms with Gasteiger partial charge in [-0.05, 0) is 19.3 Å². The minimum atomic E-state index is -0.435. The van der Waals surface area contributed by atoms with E-state index in [2.05, 4.69) is 10.6 Å². The van der Waals surface area contributed by atoms with E-state index >= 15 is 0 Å². The van der Waals surface area contributed by atoms with Gasteiger partial charge in [-0.2, -0.15) is 0 Å². The Kier molecular flexibility index (Phi) is 19.5. The van der Waals surface area contributed by atoms with Crippen molar-refractivity contribution in [2.24, 2.45) is 0 Å². The number of rotatable bonds is 18. The number of unbranched alkanes of at least 4 members (excludes halogenated alkanes) is 3. The van der Waals surface area contributed by atoms with E-state index in [1.807, 2.05) is 6.92 Å². The summed E-state index contributed by atoms with van der Waals surface area (Å²) in [6.07, 6.45) is 3.73. The molecule has 0 aromatic heterocycles. The van der Waals surface area contributed by atoms with Crippen molar-refractivity contribution in [3.8, 4) is 0 Å². The SMILES string of the molecule is CCCOC(=O)NCCCCCCNC(=O)OCCOCCOCCOC. The zero-order valence-corrected chi connectivity index (χ0v) is 16.8. The molecule has 0 saturated heterocycles. The average molecular weight is 392 g/mol. The van der Waals surface area contributed by atoms with Crippen LogP contribution in [0.2, 0.25) is 0 Å². The van der Waals surface area contributed by atoms with E-state index in [1.165, 1.54) is 0 Å². The van der Waals surface area contributed by atoms with E-state index in [4.69, 9.17) is 23.7 Å². The molecule has 0 rings (SSSR count). The largest absolute Gasteiger partial charge is 0.450 e. The van der Waals surface area contributed by atoms with E-state index in [-0.39, 0.29) is 12.7 Å². The van der Waals surface area contributed by atoms with Gasteiger partial charge in [-0.3, -0.25) is 0 Å². The quantitative estimate of drug-likeness (QED) is 0.344. The molecule has 2 amide bonds. The Balaban J connectivity index is 3.22. The molecule has 0 aliphatic carbocycles. The van der Waals surface area contributed by atoms with E-state index in [1.54, 1.807) is 7.11 Å². The normalized spacial score (nSPS) is 10.4. The third-order valence-corrected chi connectivity index (χ3v) is 3.34. The highest BCUT2D eigenvalue weighted by molar-refractivity contribution is 5.67. The second kappa shape index (κ2) is 20.7. The summed E-state index contributed by atoms with van der Waals surface area (Å²) in [5, 5.41) is 5.40. The summed E-state index contributed by atoms with van der Waals surface area (Å²) < 4.78 is 25.3. The number of alkyl carbamates (subject to hydrolysis) is 2. The Bertz CT molecular complexity index is 357. The van der Waals surface area contributed by atoms with Gasteiger partial charge in [-0.25, -0.2) is 9.59 Å². The molecule has 0 aromatic carbocycles. The predicted octanol–water partition coefficient (Wildman–Crippen LogP) is 2.09. The molecule has 0 bridgehead atoms. The number of ether oxygens (including phenoxy) is 5. The molecular formula is C18H36N2O7. The summed E-state index contributed by atoms with van der Waals surface area (Å²) in [7, 11) is 1.62. The molecule has 0 spiro atoms. The second-order valence-electron chi connectivity index (χ2n) is 5.76. The average Bonchev–Trinajstić information content (AvgIpc) is 2.67. The smallest absolute Gasteiger partial charge is 0.407 e. The van der Waals surface area contributed by atoms with Crippen LogP contribution in [0.15, 0.2) is 0 Å². The van der Waals surface area contributed by atoms with E-state index in [0.29, 0.717) is 52.7 Å². The van der Waals surface area contributed by atoms with Gasteiger partial charge in [0.1, 0.15) is 6.61 Å². The van der Waals surface area contributed by atoms with Gasteiger partial charge in [0.2, 0.25) is 0 Å². The number of carbonyl (C=O) groups is 2. The predicted molar refractivity (Wildman–Crippen MR) is 101 cm³/mol. The van der Waals surface area contributed by atoms with Crippen molar-refractivity contribution in [3.63, 3.8) is 0 Å². The van der Waals surface area contributed by atoms with Crippen LogP contribution in [0, 0.1) is 0 Å². The lowest BCUT2D eigenvalue weighted by Gasteiger charge is -2.08. The van der Waals surface area contributed by atoms with Gasteiger partial charge in [0, 0.05) is 20.2 Å². The molecule has 0 aliphatic rings. The summed E-state index contributed by atoms with van der Waals surface area (Å²) in [5.41, 5.74) is 0. The first-order valence-corrected chi connectivity index (χ1v) is 9.66. The fourth-order valence-electron chi connectivity index (χ4n) is 1.94. The second-order valence-corrected chi connectivity index (χ2v) is 5.76. The topological polar surface area (TPSA) is 104 Å². The van der Waals surface area contributed by atoms with E-state index < -0.39 is 6.09 Å². The fourth-order valence-corrected chi connectivity index (χ4v) is 1.94. The van der Waals surface area contributed by atoms with Gasteiger partial charge in [-0.1, -0.05) is 19.8 Å². The summed E-state index contributed by atoms with van der Waals surface area (Å²) in [6.45, 7) is 6.18. The van der Waals surface area contributed by atoms with Gasteiger partial charge in [0.25, 0.3) is 0 Å². The Hall–Kier alpha value is -1.58. The van der Waals surface area contributed by atoms with E-state index in [9.17, 15) is 9.59 Å². The Morgan fingerprint density at radius 3 is 1.67 bits per heavy atom. The van der Waals surface area contributed by atoms with E-state index in [0.717, 1.165) is 32.1 Å². The van der Waals surface area contributed by atoms with Crippen molar-refractivity contribution in [3.05, 3.63) is 0 Å². The van der Waals surface area contributed by atoms with Crippen molar-refractivity contribution in [2.45, 2.75) is 39.0 Å². The standard InChI is InChI=1S/C18H36N2O7/c1-3-10-26-17(21)19-8-6-4-5-7-9-20-18(22)27-16-15-25-14-13-24-12-11-23-2/h3-16H2,1-2H3,(H,19,21)(H,20,22). The zero-order chi connectivity index (χ0) is 20.0. The molecule has 0 atom stereocenters. The first-order valence-electron chi connectivity index (χ1n) is 9.66. The number of hydrogen-bond donors (Lipinski definition) is 2. The van der Waals surface area contributed by atoms with Gasteiger partial charge in [0.15, 0.2) is 0 Å². The van der Waals surface area contributed by atoms with Crippen LogP contribution in [0.25, 0.3) is 0 Å². The van der Waals surface area contributed by atoms with Gasteiger partial charge >= 0.3 is 12.2 Å². The minimum Gasteiger partial charge on any atom is -0.450 e. The molecule has 0 unspecified atom stereocenters. The Morgan fingerprint density at radius 1 is 0.667 bits per heavy atom. The maximum Gasteiger partial charge on any atom is 0.407 e. The molecule has 2 N–H and O–H groups in total. The number of hydrogen-bond acceptors (Lipinski definition) is 7. The molecule has 0 saturated carbocycles. The third-order valence-electron chi connectivity index (χ3n) is 3.34. The number of amides is 2. The van der Waals surface area contributed by atoms with Gasteiger partial charge in [-0.15, -0.1) is 0 Å². The lowest BCUT2D eigenvalue weighted by molar-refractivity contribution is 0.0131. The van der Waals surface area contributed by atoms with Crippen LogP contribution < -0.4 is 10.6 Å². The van der Waals surface area contributed by atoms with Crippen molar-refractivity contribution in [2.75, 3.05) is 66.4 Å². The van der Waals surface area contributed by atoms with Crippen LogP contribution in [-0.2, 0) is 23.7 Å². The molecule has 160 valence electrons. The molecule has 9 heteroatoms. The maximum absolute atomic E-state index is 11.5. The highest BCUT2D eigenvalue weighted by Crippen LogP contribution is 1.98. The van der Waals surface area contributed by atoms with Gasteiger partial charge in [0.05, 0.1) is 39.6 Å². The molecule has 27 heavy (non-hydrogen) atoms. The van der Waals surface area contributed by atoms with Crippen molar-refractivity contribution in [1.29, 1.82) is 0 Å². The molecule has 9 nitrogen and oxygen atoms in total. The van der Waals surface area contributed by atoms with Crippen molar-refractivity contribution < 1.29 is 33.3 Å². The Labute approximate surface area is 162 Å².